The molecule has 1 aromatic heterocycles. The molecule has 8 nitrogen and oxygen atoms in total. The van der Waals surface area contributed by atoms with Crippen LogP contribution in [0.3, 0.4) is 0 Å². The van der Waals surface area contributed by atoms with E-state index in [1.807, 2.05) is 18.2 Å². The molecule has 3 aliphatic heterocycles. The van der Waals surface area contributed by atoms with Crippen LogP contribution in [0.2, 0.25) is 0 Å². The van der Waals surface area contributed by atoms with Crippen LogP contribution in [0.5, 0.6) is 5.88 Å². The molecule has 1 unspecified atom stereocenters. The van der Waals surface area contributed by atoms with E-state index >= 15 is 0 Å². The Labute approximate surface area is 197 Å². The maximum atomic E-state index is 14.6. The van der Waals surface area contributed by atoms with Crippen molar-refractivity contribution >= 4 is 17.7 Å². The molecule has 0 spiro atoms. The summed E-state index contributed by atoms with van der Waals surface area (Å²) >= 11 is 0. The van der Waals surface area contributed by atoms with Crippen molar-refractivity contribution in [1.82, 2.24) is 20.1 Å². The van der Waals surface area contributed by atoms with Crippen LogP contribution in [0.15, 0.2) is 30.3 Å². The number of fused-ring (bicyclic) bond motifs is 1. The third kappa shape index (κ3) is 4.27. The van der Waals surface area contributed by atoms with Gasteiger partial charge in [0.1, 0.15) is 11.9 Å². The van der Waals surface area contributed by atoms with E-state index in [0.717, 1.165) is 42.8 Å². The summed E-state index contributed by atoms with van der Waals surface area (Å²) < 4.78 is 19.8. The zero-order valence-electron chi connectivity index (χ0n) is 19.1. The largest absolute Gasteiger partial charge is 0.481 e. The van der Waals surface area contributed by atoms with Crippen LogP contribution in [0.4, 0.5) is 4.39 Å². The summed E-state index contributed by atoms with van der Waals surface area (Å²) in [4.78, 5) is 45.2. The number of benzene rings is 1. The number of amides is 3. The number of ether oxygens (including phenoxy) is 1. The molecule has 1 atom stereocenters. The van der Waals surface area contributed by atoms with Gasteiger partial charge in [0.05, 0.1) is 12.8 Å². The number of methoxy groups -OCH3 is 1. The number of nitrogens with zero attached hydrogens (tertiary/aromatic N) is 3. The number of carbonyl (C=O) groups excluding carboxylic acids is 3. The molecule has 0 radical (unpaired) electrons. The minimum Gasteiger partial charge on any atom is -0.481 e. The van der Waals surface area contributed by atoms with Gasteiger partial charge in [-0.1, -0.05) is 6.07 Å². The molecular formula is C25H27FN4O4. The zero-order valence-corrected chi connectivity index (χ0v) is 19.1. The molecule has 0 saturated carbocycles. The van der Waals surface area contributed by atoms with E-state index in [9.17, 15) is 18.8 Å². The Morgan fingerprint density at radius 3 is 2.68 bits per heavy atom. The van der Waals surface area contributed by atoms with E-state index in [2.05, 4.69) is 15.2 Å². The fourth-order valence-electron chi connectivity index (χ4n) is 5.31. The van der Waals surface area contributed by atoms with Gasteiger partial charge in [-0.05, 0) is 67.6 Å². The van der Waals surface area contributed by atoms with Gasteiger partial charge in [0.25, 0.3) is 5.91 Å². The molecule has 9 heteroatoms. The zero-order chi connectivity index (χ0) is 23.8. The number of hydrogen-bond acceptors (Lipinski definition) is 6. The van der Waals surface area contributed by atoms with E-state index in [1.54, 1.807) is 13.2 Å². The Morgan fingerprint density at radius 2 is 1.94 bits per heavy atom. The van der Waals surface area contributed by atoms with Gasteiger partial charge in [-0.3, -0.25) is 24.6 Å². The average molecular weight is 467 g/mol. The Morgan fingerprint density at radius 1 is 1.15 bits per heavy atom. The number of imide groups is 1. The summed E-state index contributed by atoms with van der Waals surface area (Å²) in [5.41, 5.74) is 2.94. The number of carbonyl (C=O) groups is 3. The van der Waals surface area contributed by atoms with Crippen molar-refractivity contribution in [3.8, 4) is 5.88 Å². The standard InChI is InChI=1S/C25H27FN4O4/c1-34-23-4-2-3-17(27-23)13-29-9-7-15(8-10-29)18-11-16(26)12-19-20(18)14-30(25(19)33)21-5-6-22(31)28-24(21)32/h2-4,11-12,15,21H,5-10,13-14H2,1H3,(H,28,31,32). The highest BCUT2D eigenvalue weighted by atomic mass is 19.1. The molecule has 2 fully saturated rings. The van der Waals surface area contributed by atoms with Gasteiger partial charge in [0.2, 0.25) is 17.7 Å². The van der Waals surface area contributed by atoms with Crippen molar-refractivity contribution in [3.63, 3.8) is 0 Å². The number of hydrogen-bond donors (Lipinski definition) is 1. The van der Waals surface area contributed by atoms with Crippen LogP contribution in [0, 0.1) is 5.82 Å². The second-order valence-electron chi connectivity index (χ2n) is 9.14. The van der Waals surface area contributed by atoms with Crippen molar-refractivity contribution in [1.29, 1.82) is 0 Å². The third-order valence-electron chi connectivity index (χ3n) is 7.06. The van der Waals surface area contributed by atoms with Crippen molar-refractivity contribution in [2.24, 2.45) is 0 Å². The van der Waals surface area contributed by atoms with E-state index in [4.69, 9.17) is 4.74 Å². The normalized spacial score (nSPS) is 21.5. The lowest BCUT2D eigenvalue weighted by molar-refractivity contribution is -0.136. The number of likely N-dealkylation sites (tertiary alicyclic amines) is 1. The molecule has 0 aliphatic carbocycles. The van der Waals surface area contributed by atoms with Crippen LogP contribution < -0.4 is 10.1 Å². The van der Waals surface area contributed by atoms with E-state index < -0.39 is 17.8 Å². The number of rotatable bonds is 5. The van der Waals surface area contributed by atoms with Crippen LogP contribution in [0.25, 0.3) is 0 Å². The Balaban J connectivity index is 1.30. The molecule has 1 N–H and O–H groups in total. The fraction of sp³-hybridized carbons (Fsp3) is 0.440. The highest BCUT2D eigenvalue weighted by Crippen LogP contribution is 2.38. The molecule has 4 heterocycles. The van der Waals surface area contributed by atoms with Crippen LogP contribution in [0.1, 0.15) is 58.8 Å². The lowest BCUT2D eigenvalue weighted by Crippen LogP contribution is -2.52. The van der Waals surface area contributed by atoms with E-state index in [1.165, 1.54) is 11.0 Å². The lowest BCUT2D eigenvalue weighted by atomic mass is 9.85. The number of pyridine rings is 1. The maximum Gasteiger partial charge on any atom is 0.255 e. The summed E-state index contributed by atoms with van der Waals surface area (Å²) in [6.45, 7) is 2.65. The van der Waals surface area contributed by atoms with Gasteiger partial charge in [-0.2, -0.15) is 0 Å². The SMILES string of the molecule is COc1cccc(CN2CCC(c3cc(F)cc4c3CN(C3CCC(=O)NC3=O)C4=O)CC2)n1. The minimum absolute atomic E-state index is 0.133. The van der Waals surface area contributed by atoms with Crippen molar-refractivity contribution in [2.75, 3.05) is 20.2 Å². The van der Waals surface area contributed by atoms with Gasteiger partial charge >= 0.3 is 0 Å². The molecule has 0 bridgehead atoms. The van der Waals surface area contributed by atoms with Crippen LogP contribution >= 0.6 is 0 Å². The first-order valence-electron chi connectivity index (χ1n) is 11.6. The van der Waals surface area contributed by atoms with Gasteiger partial charge in [-0.25, -0.2) is 9.37 Å². The van der Waals surface area contributed by atoms with Crippen molar-refractivity contribution in [2.45, 2.75) is 50.7 Å². The average Bonchev–Trinajstić information content (AvgIpc) is 3.15. The maximum absolute atomic E-state index is 14.6. The molecule has 3 amide bonds. The first kappa shape index (κ1) is 22.5. The Hall–Kier alpha value is -3.33. The smallest absolute Gasteiger partial charge is 0.255 e. The molecule has 34 heavy (non-hydrogen) atoms. The van der Waals surface area contributed by atoms with E-state index in [0.29, 0.717) is 24.4 Å². The van der Waals surface area contributed by atoms with Crippen LogP contribution in [-0.4, -0.2) is 58.7 Å². The second kappa shape index (κ2) is 9.13. The van der Waals surface area contributed by atoms with Gasteiger partial charge in [0, 0.05) is 31.1 Å². The Kier molecular flexibility index (Phi) is 6.03. The molecule has 1 aromatic carbocycles. The number of piperidine rings is 2. The summed E-state index contributed by atoms with van der Waals surface area (Å²) in [6.07, 6.45) is 2.16. The van der Waals surface area contributed by atoms with Gasteiger partial charge in [-0.15, -0.1) is 0 Å². The minimum atomic E-state index is -0.703. The molecule has 5 rings (SSSR count). The predicted molar refractivity (Wildman–Crippen MR) is 120 cm³/mol. The molecular weight excluding hydrogens is 439 g/mol. The predicted octanol–water partition coefficient (Wildman–Crippen LogP) is 2.37. The van der Waals surface area contributed by atoms with Crippen molar-refractivity contribution < 1.29 is 23.5 Å². The quantitative estimate of drug-likeness (QED) is 0.681. The monoisotopic (exact) mass is 466 g/mol. The topological polar surface area (TPSA) is 91.8 Å². The lowest BCUT2D eigenvalue weighted by Gasteiger charge is -2.33. The first-order valence-corrected chi connectivity index (χ1v) is 11.6. The Bertz CT molecular complexity index is 1150. The third-order valence-corrected chi connectivity index (χ3v) is 7.06. The highest BCUT2D eigenvalue weighted by Gasteiger charge is 2.41. The number of aromatic nitrogens is 1. The molecule has 3 aliphatic rings. The highest BCUT2D eigenvalue weighted by molar-refractivity contribution is 6.05. The first-order chi connectivity index (χ1) is 16.4. The van der Waals surface area contributed by atoms with E-state index in [-0.39, 0.29) is 30.7 Å². The van der Waals surface area contributed by atoms with Crippen LogP contribution in [-0.2, 0) is 22.7 Å². The fourth-order valence-corrected chi connectivity index (χ4v) is 5.31. The molecule has 178 valence electrons. The molecule has 2 saturated heterocycles. The van der Waals surface area contributed by atoms with Gasteiger partial charge < -0.3 is 9.64 Å². The molecule has 2 aromatic rings. The second-order valence-corrected chi connectivity index (χ2v) is 9.14. The summed E-state index contributed by atoms with van der Waals surface area (Å²) in [7, 11) is 1.60. The number of nitrogens with one attached hydrogen (secondary N) is 1. The number of halogens is 1. The summed E-state index contributed by atoms with van der Waals surface area (Å²) in [6, 6.07) is 7.84. The van der Waals surface area contributed by atoms with Crippen molar-refractivity contribution in [3.05, 3.63) is 58.5 Å². The summed E-state index contributed by atoms with van der Waals surface area (Å²) in [5.74, 6) is -0.838. The summed E-state index contributed by atoms with van der Waals surface area (Å²) in [5, 5.41) is 2.31. The van der Waals surface area contributed by atoms with Gasteiger partial charge in [0.15, 0.2) is 0 Å².